The zero-order valence-corrected chi connectivity index (χ0v) is 10.3. The quantitative estimate of drug-likeness (QED) is 0.836. The summed E-state index contributed by atoms with van der Waals surface area (Å²) >= 11 is 0. The van der Waals surface area contributed by atoms with Crippen LogP contribution in [-0.2, 0) is 6.42 Å². The fourth-order valence-corrected chi connectivity index (χ4v) is 1.40. The van der Waals surface area contributed by atoms with E-state index in [-0.39, 0.29) is 5.88 Å². The SMILES string of the molecule is CCCc1nc(NC)c(C)c(OCC(F)F)n1. The van der Waals surface area contributed by atoms with Gasteiger partial charge >= 0.3 is 0 Å². The van der Waals surface area contributed by atoms with Gasteiger partial charge in [0.2, 0.25) is 5.88 Å². The van der Waals surface area contributed by atoms with Crippen LogP contribution in [-0.4, -0.2) is 30.0 Å². The average molecular weight is 245 g/mol. The van der Waals surface area contributed by atoms with Crippen LogP contribution < -0.4 is 10.1 Å². The number of halogens is 2. The molecular formula is C11H17F2N3O. The maximum absolute atomic E-state index is 12.1. The summed E-state index contributed by atoms with van der Waals surface area (Å²) in [7, 11) is 1.72. The van der Waals surface area contributed by atoms with Crippen molar-refractivity contribution in [3.8, 4) is 5.88 Å². The van der Waals surface area contributed by atoms with Gasteiger partial charge in [-0.05, 0) is 13.3 Å². The van der Waals surface area contributed by atoms with Crippen molar-refractivity contribution in [3.05, 3.63) is 11.4 Å². The molecule has 0 aliphatic heterocycles. The molecule has 6 heteroatoms. The van der Waals surface area contributed by atoms with Gasteiger partial charge in [0.05, 0.1) is 5.56 Å². The highest BCUT2D eigenvalue weighted by molar-refractivity contribution is 5.48. The number of aromatic nitrogens is 2. The van der Waals surface area contributed by atoms with E-state index in [1.54, 1.807) is 14.0 Å². The molecule has 0 atom stereocenters. The van der Waals surface area contributed by atoms with Crippen molar-refractivity contribution < 1.29 is 13.5 Å². The predicted molar refractivity (Wildman–Crippen MR) is 61.8 cm³/mol. The van der Waals surface area contributed by atoms with Gasteiger partial charge in [0, 0.05) is 13.5 Å². The highest BCUT2D eigenvalue weighted by atomic mass is 19.3. The van der Waals surface area contributed by atoms with Crippen molar-refractivity contribution in [1.29, 1.82) is 0 Å². The summed E-state index contributed by atoms with van der Waals surface area (Å²) in [6.07, 6.45) is -0.919. The molecule has 0 aliphatic rings. The lowest BCUT2D eigenvalue weighted by Crippen LogP contribution is -2.12. The molecule has 0 spiro atoms. The maximum atomic E-state index is 12.1. The third-order valence-corrected chi connectivity index (χ3v) is 2.20. The van der Waals surface area contributed by atoms with Crippen LogP contribution in [0.4, 0.5) is 14.6 Å². The number of alkyl halides is 2. The molecule has 0 bridgehead atoms. The van der Waals surface area contributed by atoms with Crippen molar-refractivity contribution >= 4 is 5.82 Å². The van der Waals surface area contributed by atoms with E-state index >= 15 is 0 Å². The predicted octanol–water partition coefficient (Wildman–Crippen LogP) is 2.42. The third-order valence-electron chi connectivity index (χ3n) is 2.20. The van der Waals surface area contributed by atoms with Crippen LogP contribution in [0.25, 0.3) is 0 Å². The molecule has 0 aliphatic carbocycles. The van der Waals surface area contributed by atoms with Crippen molar-refractivity contribution in [2.45, 2.75) is 33.1 Å². The third kappa shape index (κ3) is 3.80. The number of hydrogen-bond acceptors (Lipinski definition) is 4. The van der Waals surface area contributed by atoms with Gasteiger partial charge in [-0.25, -0.2) is 13.8 Å². The second-order valence-electron chi connectivity index (χ2n) is 3.62. The molecule has 4 nitrogen and oxygen atoms in total. The molecule has 1 heterocycles. The van der Waals surface area contributed by atoms with Gasteiger partial charge in [-0.1, -0.05) is 6.92 Å². The molecule has 0 radical (unpaired) electrons. The van der Waals surface area contributed by atoms with Crippen LogP contribution in [0, 0.1) is 6.92 Å². The van der Waals surface area contributed by atoms with Gasteiger partial charge < -0.3 is 10.1 Å². The van der Waals surface area contributed by atoms with Crippen LogP contribution in [0.2, 0.25) is 0 Å². The molecule has 0 amide bonds. The van der Waals surface area contributed by atoms with E-state index in [1.165, 1.54) is 0 Å². The first-order chi connectivity index (χ1) is 8.08. The normalized spacial score (nSPS) is 10.7. The number of hydrogen-bond donors (Lipinski definition) is 1. The lowest BCUT2D eigenvalue weighted by Gasteiger charge is -2.12. The molecule has 0 saturated carbocycles. The summed E-state index contributed by atoms with van der Waals surface area (Å²) in [5.74, 6) is 1.45. The van der Waals surface area contributed by atoms with Crippen LogP contribution in [0.5, 0.6) is 5.88 Å². The van der Waals surface area contributed by atoms with Crippen molar-refractivity contribution in [2.75, 3.05) is 19.0 Å². The molecular weight excluding hydrogens is 228 g/mol. The van der Waals surface area contributed by atoms with E-state index in [1.807, 2.05) is 6.92 Å². The fourth-order valence-electron chi connectivity index (χ4n) is 1.40. The van der Waals surface area contributed by atoms with Crippen LogP contribution in [0.3, 0.4) is 0 Å². The summed E-state index contributed by atoms with van der Waals surface area (Å²) in [5, 5.41) is 2.90. The first-order valence-corrected chi connectivity index (χ1v) is 5.54. The van der Waals surface area contributed by atoms with E-state index in [0.717, 1.165) is 6.42 Å². The van der Waals surface area contributed by atoms with Crippen molar-refractivity contribution in [2.24, 2.45) is 0 Å². The minimum Gasteiger partial charge on any atom is -0.471 e. The molecule has 0 fully saturated rings. The summed E-state index contributed by atoms with van der Waals surface area (Å²) < 4.78 is 29.2. The van der Waals surface area contributed by atoms with Gasteiger partial charge in [0.1, 0.15) is 11.6 Å². The molecule has 1 aromatic heterocycles. The molecule has 1 N–H and O–H groups in total. The summed E-state index contributed by atoms with van der Waals surface area (Å²) in [6, 6.07) is 0. The zero-order valence-electron chi connectivity index (χ0n) is 10.3. The number of anilines is 1. The monoisotopic (exact) mass is 245 g/mol. The number of aryl methyl sites for hydroxylation is 1. The number of ether oxygens (including phenoxy) is 1. The summed E-state index contributed by atoms with van der Waals surface area (Å²) in [5.41, 5.74) is 0.646. The van der Waals surface area contributed by atoms with Crippen LogP contribution in [0.1, 0.15) is 24.7 Å². The highest BCUT2D eigenvalue weighted by Crippen LogP contribution is 2.22. The second-order valence-corrected chi connectivity index (χ2v) is 3.62. The van der Waals surface area contributed by atoms with E-state index in [4.69, 9.17) is 4.74 Å². The molecule has 1 aromatic rings. The van der Waals surface area contributed by atoms with Gasteiger partial charge in [-0.15, -0.1) is 0 Å². The highest BCUT2D eigenvalue weighted by Gasteiger charge is 2.12. The smallest absolute Gasteiger partial charge is 0.272 e. The van der Waals surface area contributed by atoms with Crippen LogP contribution >= 0.6 is 0 Å². The molecule has 0 unspecified atom stereocenters. The molecule has 1 rings (SSSR count). The first kappa shape index (κ1) is 13.6. The Labute approximate surface area is 99.4 Å². The number of nitrogens with one attached hydrogen (secondary N) is 1. The Morgan fingerprint density at radius 1 is 1.35 bits per heavy atom. The largest absolute Gasteiger partial charge is 0.471 e. The molecule has 0 aromatic carbocycles. The lowest BCUT2D eigenvalue weighted by atomic mass is 10.3. The topological polar surface area (TPSA) is 47.0 Å². The fraction of sp³-hybridized carbons (Fsp3) is 0.636. The lowest BCUT2D eigenvalue weighted by molar-refractivity contribution is 0.0790. The van der Waals surface area contributed by atoms with Crippen LogP contribution in [0.15, 0.2) is 0 Å². The minimum absolute atomic E-state index is 0.230. The van der Waals surface area contributed by atoms with Crippen molar-refractivity contribution in [1.82, 2.24) is 9.97 Å². The Morgan fingerprint density at radius 3 is 2.59 bits per heavy atom. The Kier molecular flexibility index (Phi) is 5.06. The average Bonchev–Trinajstić information content (AvgIpc) is 2.29. The second kappa shape index (κ2) is 6.32. The van der Waals surface area contributed by atoms with Gasteiger partial charge in [-0.3, -0.25) is 0 Å². The zero-order chi connectivity index (χ0) is 12.8. The van der Waals surface area contributed by atoms with E-state index < -0.39 is 13.0 Å². The number of rotatable bonds is 6. The van der Waals surface area contributed by atoms with E-state index in [2.05, 4.69) is 15.3 Å². The Balaban J connectivity index is 2.96. The van der Waals surface area contributed by atoms with Gasteiger partial charge in [-0.2, -0.15) is 4.98 Å². The molecule has 96 valence electrons. The summed E-state index contributed by atoms with van der Waals surface area (Å²) in [4.78, 5) is 8.41. The van der Waals surface area contributed by atoms with E-state index in [0.29, 0.717) is 23.6 Å². The number of nitrogens with zero attached hydrogens (tertiary/aromatic N) is 2. The first-order valence-electron chi connectivity index (χ1n) is 5.54. The minimum atomic E-state index is -2.50. The molecule has 17 heavy (non-hydrogen) atoms. The standard InChI is InChI=1S/C11H17F2N3O/c1-4-5-9-15-10(14-3)7(2)11(16-9)17-6-8(12)13/h8H,4-6H2,1-3H3,(H,14,15,16). The summed E-state index contributed by atoms with van der Waals surface area (Å²) in [6.45, 7) is 3.09. The van der Waals surface area contributed by atoms with Crippen molar-refractivity contribution in [3.63, 3.8) is 0 Å². The van der Waals surface area contributed by atoms with Gasteiger partial charge in [0.15, 0.2) is 6.61 Å². The van der Waals surface area contributed by atoms with E-state index in [9.17, 15) is 8.78 Å². The maximum Gasteiger partial charge on any atom is 0.272 e. The molecule has 0 saturated heterocycles. The van der Waals surface area contributed by atoms with Gasteiger partial charge in [0.25, 0.3) is 6.43 Å². The Bertz CT molecular complexity index is 372. The Hall–Kier alpha value is -1.46. The Morgan fingerprint density at radius 2 is 2.06 bits per heavy atom.